The van der Waals surface area contributed by atoms with Gasteiger partial charge >= 0.3 is 0 Å². The SMILES string of the molecule is Cc1ccc(-c2csc3ncn(CC(=O)NC4CCC(C)CC4)c(=O)c23)cc1C. The summed E-state index contributed by atoms with van der Waals surface area (Å²) >= 11 is 1.46. The van der Waals surface area contributed by atoms with Gasteiger partial charge in [0.1, 0.15) is 11.4 Å². The third-order valence-corrected chi connectivity index (χ3v) is 6.96. The van der Waals surface area contributed by atoms with Gasteiger partial charge in [-0.15, -0.1) is 11.3 Å². The number of thiophene rings is 1. The molecule has 6 heteroatoms. The second-order valence-electron chi connectivity index (χ2n) is 8.33. The molecule has 0 saturated heterocycles. The lowest BCUT2D eigenvalue weighted by molar-refractivity contribution is -0.122. The number of amides is 1. The van der Waals surface area contributed by atoms with E-state index in [1.807, 2.05) is 11.4 Å². The second-order valence-corrected chi connectivity index (χ2v) is 9.19. The molecular formula is C23H27N3O2S. The number of hydrogen-bond donors (Lipinski definition) is 1. The standard InChI is InChI=1S/C23H27N3O2S/c1-14-4-8-18(9-5-14)25-20(27)11-26-13-24-22-21(23(26)28)19(12-29-22)17-7-6-15(2)16(3)10-17/h6-7,10,12-14,18H,4-5,8-9,11H2,1-3H3,(H,25,27). The van der Waals surface area contributed by atoms with Crippen molar-refractivity contribution in [1.29, 1.82) is 0 Å². The van der Waals surface area contributed by atoms with Crippen LogP contribution in [0.3, 0.4) is 0 Å². The molecule has 0 radical (unpaired) electrons. The molecule has 1 aromatic carbocycles. The smallest absolute Gasteiger partial charge is 0.263 e. The lowest BCUT2D eigenvalue weighted by atomic mass is 9.87. The van der Waals surface area contributed by atoms with Gasteiger partial charge in [0.2, 0.25) is 5.91 Å². The van der Waals surface area contributed by atoms with Crippen molar-refractivity contribution in [3.8, 4) is 11.1 Å². The molecule has 0 aliphatic heterocycles. The Hall–Kier alpha value is -2.47. The summed E-state index contributed by atoms with van der Waals surface area (Å²) in [4.78, 5) is 30.8. The molecule has 3 aromatic rings. The van der Waals surface area contributed by atoms with E-state index in [9.17, 15) is 9.59 Å². The lowest BCUT2D eigenvalue weighted by Crippen LogP contribution is -2.40. The maximum absolute atomic E-state index is 13.2. The average Bonchev–Trinajstić information content (AvgIpc) is 3.13. The molecule has 5 nitrogen and oxygen atoms in total. The van der Waals surface area contributed by atoms with Gasteiger partial charge in [-0.25, -0.2) is 4.98 Å². The molecule has 2 heterocycles. The highest BCUT2D eigenvalue weighted by Crippen LogP contribution is 2.31. The van der Waals surface area contributed by atoms with Crippen LogP contribution in [0.25, 0.3) is 21.3 Å². The zero-order valence-corrected chi connectivity index (χ0v) is 18.0. The first-order valence-corrected chi connectivity index (χ1v) is 11.1. The predicted molar refractivity (Wildman–Crippen MR) is 118 cm³/mol. The minimum atomic E-state index is -0.156. The third-order valence-electron chi connectivity index (χ3n) is 6.07. The van der Waals surface area contributed by atoms with Gasteiger partial charge in [0.25, 0.3) is 5.56 Å². The van der Waals surface area contributed by atoms with E-state index in [4.69, 9.17) is 0 Å². The molecule has 1 N–H and O–H groups in total. The number of rotatable bonds is 4. The van der Waals surface area contributed by atoms with E-state index < -0.39 is 0 Å². The highest BCUT2D eigenvalue weighted by molar-refractivity contribution is 7.17. The first kappa shape index (κ1) is 19.8. The van der Waals surface area contributed by atoms with Crippen LogP contribution < -0.4 is 10.9 Å². The molecule has 1 saturated carbocycles. The predicted octanol–water partition coefficient (Wildman–Crippen LogP) is 4.44. The molecule has 29 heavy (non-hydrogen) atoms. The van der Waals surface area contributed by atoms with E-state index in [-0.39, 0.29) is 24.1 Å². The van der Waals surface area contributed by atoms with Crippen LogP contribution in [0.2, 0.25) is 0 Å². The van der Waals surface area contributed by atoms with Crippen molar-refractivity contribution in [2.45, 2.75) is 59.0 Å². The molecule has 0 atom stereocenters. The molecule has 1 amide bonds. The van der Waals surface area contributed by atoms with Crippen LogP contribution in [0.15, 0.2) is 34.7 Å². The van der Waals surface area contributed by atoms with Gasteiger partial charge in [0, 0.05) is 17.0 Å². The summed E-state index contributed by atoms with van der Waals surface area (Å²) in [5.41, 5.74) is 4.15. The van der Waals surface area contributed by atoms with Crippen LogP contribution in [-0.2, 0) is 11.3 Å². The number of carbonyl (C=O) groups excluding carboxylic acids is 1. The average molecular weight is 410 g/mol. The Balaban J connectivity index is 1.59. The van der Waals surface area contributed by atoms with Crippen LogP contribution in [0.5, 0.6) is 0 Å². The number of carbonyl (C=O) groups is 1. The number of nitrogens with zero attached hydrogens (tertiary/aromatic N) is 2. The minimum Gasteiger partial charge on any atom is -0.352 e. The fraction of sp³-hybridized carbons (Fsp3) is 0.435. The number of aromatic nitrogens is 2. The van der Waals surface area contributed by atoms with E-state index in [2.05, 4.69) is 43.2 Å². The highest BCUT2D eigenvalue weighted by Gasteiger charge is 2.20. The van der Waals surface area contributed by atoms with Crippen molar-refractivity contribution in [2.75, 3.05) is 0 Å². The second kappa shape index (κ2) is 8.11. The fourth-order valence-corrected chi connectivity index (χ4v) is 4.94. The molecule has 0 unspecified atom stereocenters. The van der Waals surface area contributed by atoms with Gasteiger partial charge < -0.3 is 5.32 Å². The number of benzene rings is 1. The summed E-state index contributed by atoms with van der Waals surface area (Å²) in [6.45, 7) is 6.41. The quantitative estimate of drug-likeness (QED) is 0.693. The molecular weight excluding hydrogens is 382 g/mol. The van der Waals surface area contributed by atoms with E-state index in [0.717, 1.165) is 42.7 Å². The Labute approximate surface area is 174 Å². The van der Waals surface area contributed by atoms with Crippen molar-refractivity contribution in [1.82, 2.24) is 14.9 Å². The largest absolute Gasteiger partial charge is 0.352 e. The van der Waals surface area contributed by atoms with Crippen molar-refractivity contribution >= 4 is 27.5 Å². The van der Waals surface area contributed by atoms with E-state index in [1.165, 1.54) is 33.4 Å². The highest BCUT2D eigenvalue weighted by atomic mass is 32.1. The minimum absolute atomic E-state index is 0.00996. The Morgan fingerprint density at radius 3 is 2.69 bits per heavy atom. The first-order valence-electron chi connectivity index (χ1n) is 10.3. The van der Waals surface area contributed by atoms with Crippen LogP contribution >= 0.6 is 11.3 Å². The molecule has 4 rings (SSSR count). The molecule has 0 spiro atoms. The maximum Gasteiger partial charge on any atom is 0.263 e. The number of fused-ring (bicyclic) bond motifs is 1. The number of aryl methyl sites for hydroxylation is 2. The van der Waals surface area contributed by atoms with Crippen molar-refractivity contribution in [3.63, 3.8) is 0 Å². The van der Waals surface area contributed by atoms with E-state index in [0.29, 0.717) is 10.2 Å². The first-order chi connectivity index (χ1) is 13.9. The fourth-order valence-electron chi connectivity index (χ4n) is 4.03. The zero-order valence-electron chi connectivity index (χ0n) is 17.2. The zero-order chi connectivity index (χ0) is 20.5. The summed E-state index contributed by atoms with van der Waals surface area (Å²) < 4.78 is 1.43. The van der Waals surface area contributed by atoms with Crippen molar-refractivity contribution in [2.24, 2.45) is 5.92 Å². The summed E-state index contributed by atoms with van der Waals surface area (Å²) in [5.74, 6) is 0.621. The van der Waals surface area contributed by atoms with Crippen molar-refractivity contribution in [3.05, 3.63) is 51.4 Å². The monoisotopic (exact) mass is 409 g/mol. The van der Waals surface area contributed by atoms with Gasteiger partial charge in [-0.3, -0.25) is 14.2 Å². The molecule has 152 valence electrons. The van der Waals surface area contributed by atoms with Crippen LogP contribution in [0, 0.1) is 19.8 Å². The van der Waals surface area contributed by atoms with Crippen LogP contribution in [-0.4, -0.2) is 21.5 Å². The Morgan fingerprint density at radius 2 is 1.97 bits per heavy atom. The molecule has 1 aliphatic rings. The molecule has 0 bridgehead atoms. The normalized spacial score (nSPS) is 19.4. The Kier molecular flexibility index (Phi) is 5.54. The van der Waals surface area contributed by atoms with Crippen LogP contribution in [0.1, 0.15) is 43.7 Å². The third kappa shape index (κ3) is 4.13. The molecule has 1 fully saturated rings. The van der Waals surface area contributed by atoms with Crippen molar-refractivity contribution < 1.29 is 4.79 Å². The Morgan fingerprint density at radius 1 is 1.21 bits per heavy atom. The number of hydrogen-bond acceptors (Lipinski definition) is 4. The molecule has 2 aromatic heterocycles. The number of nitrogens with one attached hydrogen (secondary N) is 1. The Bertz CT molecular complexity index is 1110. The van der Waals surface area contributed by atoms with E-state index in [1.54, 1.807) is 0 Å². The summed E-state index contributed by atoms with van der Waals surface area (Å²) in [7, 11) is 0. The topological polar surface area (TPSA) is 64.0 Å². The summed E-state index contributed by atoms with van der Waals surface area (Å²) in [6, 6.07) is 6.43. The van der Waals surface area contributed by atoms with Gasteiger partial charge in [0.05, 0.1) is 11.7 Å². The van der Waals surface area contributed by atoms with Gasteiger partial charge in [-0.1, -0.05) is 25.1 Å². The maximum atomic E-state index is 13.2. The summed E-state index contributed by atoms with van der Waals surface area (Å²) in [6.07, 6.45) is 5.81. The van der Waals surface area contributed by atoms with Gasteiger partial charge in [-0.2, -0.15) is 0 Å². The van der Waals surface area contributed by atoms with E-state index >= 15 is 0 Å². The molecule has 1 aliphatic carbocycles. The van der Waals surface area contributed by atoms with Crippen LogP contribution in [0.4, 0.5) is 0 Å². The lowest BCUT2D eigenvalue weighted by Gasteiger charge is -2.26. The van der Waals surface area contributed by atoms with Gasteiger partial charge in [-0.05, 0) is 62.1 Å². The van der Waals surface area contributed by atoms with Gasteiger partial charge in [0.15, 0.2) is 0 Å². The summed E-state index contributed by atoms with van der Waals surface area (Å²) in [5, 5.41) is 5.67.